The number of rotatable bonds is 4. The Labute approximate surface area is 210 Å². The van der Waals surface area contributed by atoms with Gasteiger partial charge in [0.15, 0.2) is 5.11 Å². The predicted octanol–water partition coefficient (Wildman–Crippen LogP) is 7.10. The predicted molar refractivity (Wildman–Crippen MR) is 139 cm³/mol. The highest BCUT2D eigenvalue weighted by Gasteiger charge is 2.44. The van der Waals surface area contributed by atoms with Crippen LogP contribution in [-0.4, -0.2) is 25.6 Å². The van der Waals surface area contributed by atoms with Crippen LogP contribution in [0, 0.1) is 13.8 Å². The van der Waals surface area contributed by atoms with Gasteiger partial charge in [-0.05, 0) is 80.9 Å². The molecule has 4 nitrogen and oxygen atoms in total. The summed E-state index contributed by atoms with van der Waals surface area (Å²) in [6.07, 6.45) is 8.03. The quantitative estimate of drug-likeness (QED) is 0.388. The van der Waals surface area contributed by atoms with Crippen molar-refractivity contribution in [2.24, 2.45) is 0 Å². The molecular weight excluding hydrogens is 471 g/mol. The van der Waals surface area contributed by atoms with Gasteiger partial charge in [-0.3, -0.25) is 4.98 Å². The molecule has 0 unspecified atom stereocenters. The highest BCUT2D eigenvalue weighted by molar-refractivity contribution is 7.80. The molecule has 33 heavy (non-hydrogen) atoms. The lowest BCUT2D eigenvalue weighted by molar-refractivity contribution is 0.197. The van der Waals surface area contributed by atoms with Gasteiger partial charge < -0.3 is 14.8 Å². The number of nitrogens with one attached hydrogen (secondary N) is 1. The summed E-state index contributed by atoms with van der Waals surface area (Å²) in [5.74, 6) is 0. The molecule has 3 heterocycles. The number of halogens is 2. The van der Waals surface area contributed by atoms with Crippen LogP contribution in [0.2, 0.25) is 10.0 Å². The third-order valence-corrected chi connectivity index (χ3v) is 7.91. The summed E-state index contributed by atoms with van der Waals surface area (Å²) in [6.45, 7) is 4.30. The van der Waals surface area contributed by atoms with E-state index in [0.717, 1.165) is 27.9 Å². The van der Waals surface area contributed by atoms with Gasteiger partial charge in [-0.2, -0.15) is 0 Å². The van der Waals surface area contributed by atoms with Gasteiger partial charge in [-0.15, -0.1) is 0 Å². The molecule has 1 N–H and O–H groups in total. The first kappa shape index (κ1) is 22.7. The molecule has 1 saturated carbocycles. The lowest BCUT2D eigenvalue weighted by Crippen LogP contribution is -2.40. The second-order valence-electron chi connectivity index (χ2n) is 9.08. The van der Waals surface area contributed by atoms with E-state index in [1.165, 1.54) is 37.7 Å². The average Bonchev–Trinajstić information content (AvgIpc) is 3.31. The van der Waals surface area contributed by atoms with Crippen molar-refractivity contribution in [3.8, 4) is 5.69 Å². The number of nitrogens with zero attached hydrogens (tertiary/aromatic N) is 3. The SMILES string of the molecule is Cc1cc([C@@H]2[C@H](c3ccccn3)NC(=S)N2C2CCCCC2)c(C)n1-c1ccc(Cl)cc1Cl. The van der Waals surface area contributed by atoms with E-state index in [0.29, 0.717) is 16.1 Å². The van der Waals surface area contributed by atoms with Gasteiger partial charge in [0, 0.05) is 28.6 Å². The maximum absolute atomic E-state index is 6.62. The van der Waals surface area contributed by atoms with E-state index >= 15 is 0 Å². The molecule has 0 bridgehead atoms. The fraction of sp³-hybridized carbons (Fsp3) is 0.385. The number of aryl methyl sites for hydroxylation is 1. The molecule has 2 aliphatic rings. The van der Waals surface area contributed by atoms with Crippen molar-refractivity contribution in [2.75, 3.05) is 0 Å². The van der Waals surface area contributed by atoms with E-state index in [4.69, 9.17) is 40.4 Å². The molecule has 1 aliphatic heterocycles. The molecular formula is C26H28Cl2N4S. The van der Waals surface area contributed by atoms with Gasteiger partial charge >= 0.3 is 0 Å². The number of benzene rings is 1. The summed E-state index contributed by atoms with van der Waals surface area (Å²) in [4.78, 5) is 7.16. The minimum absolute atomic E-state index is 0.00438. The van der Waals surface area contributed by atoms with E-state index in [-0.39, 0.29) is 12.1 Å². The van der Waals surface area contributed by atoms with Gasteiger partial charge in [-0.1, -0.05) is 48.5 Å². The Hall–Kier alpha value is -2.08. The monoisotopic (exact) mass is 498 g/mol. The van der Waals surface area contributed by atoms with Gasteiger partial charge in [0.05, 0.1) is 28.5 Å². The Morgan fingerprint density at radius 3 is 2.52 bits per heavy atom. The third-order valence-electron chi connectivity index (χ3n) is 7.04. The molecule has 3 aromatic rings. The molecule has 1 aromatic carbocycles. The van der Waals surface area contributed by atoms with Gasteiger partial charge in [0.2, 0.25) is 0 Å². The fourth-order valence-corrected chi connectivity index (χ4v) is 6.45. The van der Waals surface area contributed by atoms with Crippen LogP contribution in [-0.2, 0) is 0 Å². The third kappa shape index (κ3) is 4.16. The molecule has 7 heteroatoms. The average molecular weight is 500 g/mol. The van der Waals surface area contributed by atoms with E-state index in [2.05, 4.69) is 40.8 Å². The number of thiocarbonyl (C=S) groups is 1. The number of pyridine rings is 1. The normalized spacial score (nSPS) is 21.5. The zero-order chi connectivity index (χ0) is 23.1. The molecule has 2 aromatic heterocycles. The van der Waals surface area contributed by atoms with E-state index < -0.39 is 0 Å². The number of hydrogen-bond acceptors (Lipinski definition) is 2. The smallest absolute Gasteiger partial charge is 0.170 e. The summed E-state index contributed by atoms with van der Waals surface area (Å²) in [7, 11) is 0. The fourth-order valence-electron chi connectivity index (χ4n) is 5.57. The summed E-state index contributed by atoms with van der Waals surface area (Å²) >= 11 is 18.7. The van der Waals surface area contributed by atoms with Crippen LogP contribution in [0.3, 0.4) is 0 Å². The minimum atomic E-state index is -0.00438. The summed E-state index contributed by atoms with van der Waals surface area (Å²) < 4.78 is 2.23. The highest BCUT2D eigenvalue weighted by atomic mass is 35.5. The summed E-state index contributed by atoms with van der Waals surface area (Å²) in [5, 5.41) is 5.73. The van der Waals surface area contributed by atoms with Gasteiger partial charge in [0.1, 0.15) is 0 Å². The van der Waals surface area contributed by atoms with Crippen molar-refractivity contribution in [1.29, 1.82) is 0 Å². The molecule has 172 valence electrons. The maximum atomic E-state index is 6.62. The largest absolute Gasteiger partial charge is 0.352 e. The lowest BCUT2D eigenvalue weighted by Gasteiger charge is -2.37. The molecule has 2 atom stereocenters. The van der Waals surface area contributed by atoms with Crippen molar-refractivity contribution < 1.29 is 0 Å². The van der Waals surface area contributed by atoms with Crippen LogP contribution < -0.4 is 5.32 Å². The van der Waals surface area contributed by atoms with Crippen molar-refractivity contribution >= 4 is 40.5 Å². The Balaban J connectivity index is 1.64. The van der Waals surface area contributed by atoms with Crippen LogP contribution in [0.15, 0.2) is 48.7 Å². The van der Waals surface area contributed by atoms with Crippen molar-refractivity contribution in [3.63, 3.8) is 0 Å². The molecule has 5 rings (SSSR count). The number of aromatic nitrogens is 2. The molecule has 1 aliphatic carbocycles. The first-order chi connectivity index (χ1) is 16.0. The Bertz CT molecular complexity index is 1170. The van der Waals surface area contributed by atoms with Crippen LogP contribution in [0.1, 0.15) is 66.8 Å². The molecule has 1 saturated heterocycles. The first-order valence-corrected chi connectivity index (χ1v) is 12.8. The summed E-state index contributed by atoms with van der Waals surface area (Å²) in [6, 6.07) is 14.6. The second-order valence-corrected chi connectivity index (χ2v) is 10.3. The molecule has 2 fully saturated rings. The Kier molecular flexibility index (Phi) is 6.39. The zero-order valence-corrected chi connectivity index (χ0v) is 21.2. The maximum Gasteiger partial charge on any atom is 0.170 e. The Morgan fingerprint density at radius 1 is 1.03 bits per heavy atom. The minimum Gasteiger partial charge on any atom is -0.352 e. The van der Waals surface area contributed by atoms with Crippen molar-refractivity contribution in [2.45, 2.75) is 64.1 Å². The zero-order valence-electron chi connectivity index (χ0n) is 18.9. The van der Waals surface area contributed by atoms with E-state index in [9.17, 15) is 0 Å². The standard InChI is InChI=1S/C26H28Cl2N4S/c1-16-14-20(17(2)31(16)23-12-11-18(27)15-21(23)28)25-24(22-10-6-7-13-29-22)30-26(33)32(25)19-8-4-3-5-9-19/h6-7,10-15,19,24-25H,3-5,8-9H2,1-2H3,(H,30,33)/t24-,25+/m0/s1. The Morgan fingerprint density at radius 2 is 1.82 bits per heavy atom. The van der Waals surface area contributed by atoms with Crippen LogP contribution in [0.4, 0.5) is 0 Å². The first-order valence-electron chi connectivity index (χ1n) is 11.6. The molecule has 0 radical (unpaired) electrons. The van der Waals surface area contributed by atoms with Gasteiger partial charge in [-0.25, -0.2) is 0 Å². The lowest BCUT2D eigenvalue weighted by atomic mass is 9.90. The number of hydrogen-bond donors (Lipinski definition) is 1. The van der Waals surface area contributed by atoms with Crippen molar-refractivity contribution in [3.05, 3.63) is 81.4 Å². The highest BCUT2D eigenvalue weighted by Crippen LogP contribution is 2.44. The summed E-state index contributed by atoms with van der Waals surface area (Å²) in [5.41, 5.74) is 5.50. The van der Waals surface area contributed by atoms with Crippen LogP contribution in [0.25, 0.3) is 5.69 Å². The topological polar surface area (TPSA) is 33.1 Å². The molecule has 0 spiro atoms. The van der Waals surface area contributed by atoms with Crippen LogP contribution >= 0.6 is 35.4 Å². The van der Waals surface area contributed by atoms with Crippen molar-refractivity contribution in [1.82, 2.24) is 19.8 Å². The van der Waals surface area contributed by atoms with E-state index in [1.54, 1.807) is 6.07 Å². The molecule has 0 amide bonds. The van der Waals surface area contributed by atoms with Crippen LogP contribution in [0.5, 0.6) is 0 Å². The second kappa shape index (κ2) is 9.28. The van der Waals surface area contributed by atoms with Gasteiger partial charge in [0.25, 0.3) is 0 Å². The van der Waals surface area contributed by atoms with E-state index in [1.807, 2.05) is 30.5 Å².